The SMILES string of the molecule is Cc1ccc(Cc2cnc(NC(=O)CN3C(=O)NC(C)(C4CC4)C3=O)s2)cc1Cl. The van der Waals surface area contributed by atoms with Crippen LogP contribution in [0.25, 0.3) is 0 Å². The summed E-state index contributed by atoms with van der Waals surface area (Å²) >= 11 is 7.52. The Labute approximate surface area is 177 Å². The standard InChI is InChI=1S/C20H21ClN4O3S/c1-11-3-4-12(8-15(11)21)7-14-9-22-18(29-14)23-16(26)10-25-17(27)20(2,13-5-6-13)24-19(25)28/h3-4,8-9,13H,5-7,10H2,1-2H3,(H,24,28)(H,22,23,26). The highest BCUT2D eigenvalue weighted by Crippen LogP contribution is 2.42. The molecule has 2 heterocycles. The van der Waals surface area contributed by atoms with Gasteiger partial charge in [-0.25, -0.2) is 9.78 Å². The van der Waals surface area contributed by atoms with E-state index in [-0.39, 0.29) is 18.4 Å². The number of nitrogens with zero attached hydrogens (tertiary/aromatic N) is 2. The molecule has 2 aliphatic rings. The van der Waals surface area contributed by atoms with E-state index in [0.29, 0.717) is 16.6 Å². The third kappa shape index (κ3) is 4.00. The van der Waals surface area contributed by atoms with Crippen LogP contribution in [0.4, 0.5) is 9.93 Å². The van der Waals surface area contributed by atoms with Crippen LogP contribution in [0, 0.1) is 12.8 Å². The number of nitrogens with one attached hydrogen (secondary N) is 2. The number of benzene rings is 1. The number of imide groups is 1. The minimum Gasteiger partial charge on any atom is -0.323 e. The molecule has 2 aromatic rings. The van der Waals surface area contributed by atoms with E-state index in [1.807, 2.05) is 25.1 Å². The van der Waals surface area contributed by atoms with Gasteiger partial charge in [0, 0.05) is 22.5 Å². The first-order valence-corrected chi connectivity index (χ1v) is 10.6. The van der Waals surface area contributed by atoms with Gasteiger partial charge in [0.1, 0.15) is 12.1 Å². The van der Waals surface area contributed by atoms with Crippen molar-refractivity contribution in [1.29, 1.82) is 0 Å². The van der Waals surface area contributed by atoms with Crippen LogP contribution in [-0.4, -0.2) is 39.8 Å². The van der Waals surface area contributed by atoms with E-state index in [1.54, 1.807) is 13.1 Å². The molecule has 152 valence electrons. The number of halogens is 1. The van der Waals surface area contributed by atoms with Crippen LogP contribution in [0.1, 0.15) is 35.8 Å². The smallest absolute Gasteiger partial charge is 0.323 e. The summed E-state index contributed by atoms with van der Waals surface area (Å²) in [4.78, 5) is 43.3. The molecule has 1 aliphatic heterocycles. The normalized spacial score (nSPS) is 21.4. The zero-order valence-corrected chi connectivity index (χ0v) is 17.7. The van der Waals surface area contributed by atoms with E-state index in [2.05, 4.69) is 15.6 Å². The van der Waals surface area contributed by atoms with Crippen LogP contribution in [-0.2, 0) is 16.0 Å². The molecule has 1 aromatic heterocycles. The molecule has 1 unspecified atom stereocenters. The summed E-state index contributed by atoms with van der Waals surface area (Å²) in [5.74, 6) is -0.632. The third-order valence-corrected chi connectivity index (χ3v) is 6.73. The summed E-state index contributed by atoms with van der Waals surface area (Å²) in [6.45, 7) is 3.35. The van der Waals surface area contributed by atoms with Crippen molar-refractivity contribution in [2.45, 2.75) is 38.6 Å². The second-order valence-corrected chi connectivity index (χ2v) is 9.26. The van der Waals surface area contributed by atoms with Crippen LogP contribution in [0.5, 0.6) is 0 Å². The molecule has 2 N–H and O–H groups in total. The Morgan fingerprint density at radius 2 is 2.17 bits per heavy atom. The maximum Gasteiger partial charge on any atom is 0.325 e. The van der Waals surface area contributed by atoms with Gasteiger partial charge in [-0.2, -0.15) is 0 Å². The van der Waals surface area contributed by atoms with Gasteiger partial charge in [-0.3, -0.25) is 14.5 Å². The molecule has 0 bridgehead atoms. The van der Waals surface area contributed by atoms with Gasteiger partial charge < -0.3 is 10.6 Å². The fourth-order valence-corrected chi connectivity index (χ4v) is 4.56. The first-order chi connectivity index (χ1) is 13.8. The molecule has 1 atom stereocenters. The second kappa shape index (κ2) is 7.42. The van der Waals surface area contributed by atoms with E-state index in [0.717, 1.165) is 33.7 Å². The summed E-state index contributed by atoms with van der Waals surface area (Å²) in [5, 5.41) is 6.56. The number of urea groups is 1. The number of aromatic nitrogens is 1. The molecule has 1 aromatic carbocycles. The molecule has 2 fully saturated rings. The lowest BCUT2D eigenvalue weighted by atomic mass is 9.96. The second-order valence-electron chi connectivity index (χ2n) is 7.74. The van der Waals surface area contributed by atoms with Crippen LogP contribution >= 0.6 is 22.9 Å². The number of carbonyl (C=O) groups excluding carboxylic acids is 3. The molecule has 9 heteroatoms. The van der Waals surface area contributed by atoms with Crippen molar-refractivity contribution in [2.24, 2.45) is 5.92 Å². The Morgan fingerprint density at radius 1 is 1.41 bits per heavy atom. The average Bonchev–Trinajstić information content (AvgIpc) is 3.40. The molecular formula is C20H21ClN4O3S. The van der Waals surface area contributed by atoms with Gasteiger partial charge in [-0.15, -0.1) is 11.3 Å². The first kappa shape index (κ1) is 19.8. The molecule has 0 spiro atoms. The number of hydrogen-bond donors (Lipinski definition) is 2. The van der Waals surface area contributed by atoms with Crippen molar-refractivity contribution >= 4 is 45.9 Å². The lowest BCUT2D eigenvalue weighted by molar-refractivity contribution is -0.134. The highest BCUT2D eigenvalue weighted by atomic mass is 35.5. The van der Waals surface area contributed by atoms with Crippen molar-refractivity contribution in [3.8, 4) is 0 Å². The fraction of sp³-hybridized carbons (Fsp3) is 0.400. The Morgan fingerprint density at radius 3 is 2.86 bits per heavy atom. The van der Waals surface area contributed by atoms with Gasteiger partial charge in [0.05, 0.1) is 0 Å². The number of aryl methyl sites for hydroxylation is 1. The quantitative estimate of drug-likeness (QED) is 0.685. The van der Waals surface area contributed by atoms with E-state index in [9.17, 15) is 14.4 Å². The zero-order valence-electron chi connectivity index (χ0n) is 16.1. The molecule has 4 amide bonds. The highest BCUT2D eigenvalue weighted by Gasteiger charge is 2.56. The Hall–Kier alpha value is -2.45. The predicted molar refractivity (Wildman–Crippen MR) is 111 cm³/mol. The molecule has 1 saturated heterocycles. The van der Waals surface area contributed by atoms with E-state index in [4.69, 9.17) is 11.6 Å². The number of amides is 4. The number of anilines is 1. The van der Waals surface area contributed by atoms with Crippen molar-refractivity contribution in [1.82, 2.24) is 15.2 Å². The zero-order chi connectivity index (χ0) is 20.8. The van der Waals surface area contributed by atoms with Gasteiger partial charge in [0.25, 0.3) is 5.91 Å². The van der Waals surface area contributed by atoms with Gasteiger partial charge in [-0.1, -0.05) is 23.7 Å². The maximum atomic E-state index is 12.6. The summed E-state index contributed by atoms with van der Waals surface area (Å²) in [6.07, 6.45) is 4.18. The topological polar surface area (TPSA) is 91.4 Å². The Bertz CT molecular complexity index is 1000. The van der Waals surface area contributed by atoms with Crippen LogP contribution in [0.3, 0.4) is 0 Å². The number of thiazole rings is 1. The largest absolute Gasteiger partial charge is 0.325 e. The lowest BCUT2D eigenvalue weighted by Gasteiger charge is -2.20. The van der Waals surface area contributed by atoms with E-state index >= 15 is 0 Å². The lowest BCUT2D eigenvalue weighted by Crippen LogP contribution is -2.46. The molecule has 1 saturated carbocycles. The summed E-state index contributed by atoms with van der Waals surface area (Å²) in [5.41, 5.74) is 1.19. The number of hydrogen-bond acceptors (Lipinski definition) is 5. The number of rotatable bonds is 6. The maximum absolute atomic E-state index is 12.6. The highest BCUT2D eigenvalue weighted by molar-refractivity contribution is 7.15. The Kier molecular flexibility index (Phi) is 5.08. The van der Waals surface area contributed by atoms with Crippen LogP contribution < -0.4 is 10.6 Å². The minimum absolute atomic E-state index is 0.156. The molecule has 1 aliphatic carbocycles. The number of carbonyl (C=O) groups is 3. The summed E-state index contributed by atoms with van der Waals surface area (Å²) in [7, 11) is 0. The van der Waals surface area contributed by atoms with Gasteiger partial charge in [-0.05, 0) is 49.8 Å². The average molecular weight is 433 g/mol. The molecular weight excluding hydrogens is 412 g/mol. The van der Waals surface area contributed by atoms with Crippen LogP contribution in [0.2, 0.25) is 5.02 Å². The van der Waals surface area contributed by atoms with Crippen LogP contribution in [0.15, 0.2) is 24.4 Å². The van der Waals surface area contributed by atoms with Crippen molar-refractivity contribution < 1.29 is 14.4 Å². The summed E-state index contributed by atoms with van der Waals surface area (Å²) < 4.78 is 0. The monoisotopic (exact) mass is 432 g/mol. The molecule has 0 radical (unpaired) electrons. The summed E-state index contributed by atoms with van der Waals surface area (Å²) in [6, 6.07) is 5.38. The third-order valence-electron chi connectivity index (χ3n) is 5.41. The van der Waals surface area contributed by atoms with Crippen molar-refractivity contribution in [3.05, 3.63) is 45.4 Å². The van der Waals surface area contributed by atoms with Gasteiger partial charge >= 0.3 is 6.03 Å². The van der Waals surface area contributed by atoms with Crippen molar-refractivity contribution in [3.63, 3.8) is 0 Å². The van der Waals surface area contributed by atoms with Crippen molar-refractivity contribution in [2.75, 3.05) is 11.9 Å². The Balaban J connectivity index is 1.36. The van der Waals surface area contributed by atoms with Gasteiger partial charge in [0.15, 0.2) is 5.13 Å². The fourth-order valence-electron chi connectivity index (χ4n) is 3.49. The molecule has 7 nitrogen and oxygen atoms in total. The molecule has 29 heavy (non-hydrogen) atoms. The van der Waals surface area contributed by atoms with Gasteiger partial charge in [0.2, 0.25) is 5.91 Å². The first-order valence-electron chi connectivity index (χ1n) is 9.40. The van der Waals surface area contributed by atoms with E-state index in [1.165, 1.54) is 11.3 Å². The minimum atomic E-state index is -0.888. The molecule has 4 rings (SSSR count). The van der Waals surface area contributed by atoms with E-state index < -0.39 is 17.5 Å². The predicted octanol–water partition coefficient (Wildman–Crippen LogP) is 3.35.